The molecule has 15 heavy (non-hydrogen) atoms. The van der Waals surface area contributed by atoms with Gasteiger partial charge >= 0.3 is 5.16 Å². The Morgan fingerprint density at radius 1 is 1.27 bits per heavy atom. The molecule has 0 aliphatic carbocycles. The van der Waals surface area contributed by atoms with Gasteiger partial charge in [-0.15, -0.1) is 4.68 Å². The Kier molecular flexibility index (Phi) is 2.77. The van der Waals surface area contributed by atoms with Gasteiger partial charge in [-0.05, 0) is 18.4 Å². The van der Waals surface area contributed by atoms with E-state index < -0.39 is 0 Å². The SMILES string of the molecule is CSc1nn(C)c(C)[n+]1-c1ccccc1. The number of aromatic nitrogens is 3. The highest BCUT2D eigenvalue weighted by atomic mass is 32.2. The van der Waals surface area contributed by atoms with Crippen LogP contribution in [0.5, 0.6) is 0 Å². The zero-order chi connectivity index (χ0) is 10.8. The lowest BCUT2D eigenvalue weighted by molar-refractivity contribution is -0.643. The highest BCUT2D eigenvalue weighted by Crippen LogP contribution is 2.10. The molecule has 1 aromatic heterocycles. The summed E-state index contributed by atoms with van der Waals surface area (Å²) >= 11 is 1.66. The van der Waals surface area contributed by atoms with Crippen LogP contribution in [-0.2, 0) is 7.05 Å². The highest BCUT2D eigenvalue weighted by molar-refractivity contribution is 7.98. The first kappa shape index (κ1) is 10.2. The Labute approximate surface area is 93.7 Å². The Bertz CT molecular complexity index is 462. The molecule has 78 valence electrons. The summed E-state index contributed by atoms with van der Waals surface area (Å²) in [5, 5.41) is 5.46. The Morgan fingerprint density at radius 2 is 1.93 bits per heavy atom. The van der Waals surface area contributed by atoms with Crippen LogP contribution in [-0.4, -0.2) is 16.0 Å². The van der Waals surface area contributed by atoms with Gasteiger partial charge in [0.15, 0.2) is 0 Å². The molecule has 0 N–H and O–H groups in total. The first-order chi connectivity index (χ1) is 7.24. The number of thioether (sulfide) groups is 1. The van der Waals surface area contributed by atoms with Gasteiger partial charge in [-0.25, -0.2) is 0 Å². The van der Waals surface area contributed by atoms with Crippen molar-refractivity contribution >= 4 is 11.8 Å². The first-order valence-corrected chi connectivity index (χ1v) is 6.01. The van der Waals surface area contributed by atoms with Crippen LogP contribution < -0.4 is 4.57 Å². The van der Waals surface area contributed by atoms with Gasteiger partial charge in [-0.2, -0.15) is 4.57 Å². The summed E-state index contributed by atoms with van der Waals surface area (Å²) in [5.41, 5.74) is 1.16. The molecule has 0 unspecified atom stereocenters. The summed E-state index contributed by atoms with van der Waals surface area (Å²) < 4.78 is 4.06. The molecule has 3 nitrogen and oxygen atoms in total. The Hall–Kier alpha value is -1.29. The third-order valence-corrected chi connectivity index (χ3v) is 3.05. The normalized spacial score (nSPS) is 10.6. The monoisotopic (exact) mass is 220 g/mol. The summed E-state index contributed by atoms with van der Waals surface area (Å²) in [4.78, 5) is 0. The van der Waals surface area contributed by atoms with Crippen molar-refractivity contribution in [3.63, 3.8) is 0 Å². The first-order valence-electron chi connectivity index (χ1n) is 4.79. The summed E-state index contributed by atoms with van der Waals surface area (Å²) in [5.74, 6) is 1.13. The van der Waals surface area contributed by atoms with E-state index in [-0.39, 0.29) is 0 Å². The van der Waals surface area contributed by atoms with Gasteiger partial charge in [-0.1, -0.05) is 30.0 Å². The molecule has 0 fully saturated rings. The fourth-order valence-electron chi connectivity index (χ4n) is 1.53. The van der Waals surface area contributed by atoms with E-state index in [1.807, 2.05) is 36.2 Å². The second-order valence-electron chi connectivity index (χ2n) is 3.33. The largest absolute Gasteiger partial charge is 0.341 e. The molecule has 4 heteroatoms. The Morgan fingerprint density at radius 3 is 2.53 bits per heavy atom. The molecule has 0 saturated carbocycles. The van der Waals surface area contributed by atoms with Crippen molar-refractivity contribution in [3.8, 4) is 5.69 Å². The zero-order valence-electron chi connectivity index (χ0n) is 9.14. The topological polar surface area (TPSA) is 21.7 Å². The highest BCUT2D eigenvalue weighted by Gasteiger charge is 2.20. The summed E-state index contributed by atoms with van der Waals surface area (Å²) in [6.07, 6.45) is 2.04. The molecule has 2 aromatic rings. The van der Waals surface area contributed by atoms with E-state index in [2.05, 4.69) is 28.7 Å². The fourth-order valence-corrected chi connectivity index (χ4v) is 2.16. The van der Waals surface area contributed by atoms with Crippen LogP contribution in [0.4, 0.5) is 0 Å². The number of para-hydroxylation sites is 1. The number of rotatable bonds is 2. The smallest absolute Gasteiger partial charge is 0.189 e. The van der Waals surface area contributed by atoms with E-state index in [4.69, 9.17) is 0 Å². The van der Waals surface area contributed by atoms with Gasteiger partial charge in [0.1, 0.15) is 5.69 Å². The van der Waals surface area contributed by atoms with Crippen molar-refractivity contribution in [3.05, 3.63) is 36.2 Å². The minimum absolute atomic E-state index is 1.02. The number of hydrogen-bond donors (Lipinski definition) is 0. The zero-order valence-corrected chi connectivity index (χ0v) is 9.95. The molecule has 2 rings (SSSR count). The summed E-state index contributed by atoms with van der Waals surface area (Å²) in [6.45, 7) is 2.07. The van der Waals surface area contributed by atoms with Gasteiger partial charge in [-0.3, -0.25) is 0 Å². The molecule has 0 radical (unpaired) electrons. The molecule has 0 aliphatic rings. The molecule has 1 heterocycles. The van der Waals surface area contributed by atoms with Crippen LogP contribution >= 0.6 is 11.8 Å². The minimum atomic E-state index is 1.02. The minimum Gasteiger partial charge on any atom is -0.189 e. The lowest BCUT2D eigenvalue weighted by Gasteiger charge is -1.99. The maximum Gasteiger partial charge on any atom is 0.341 e. The van der Waals surface area contributed by atoms with Crippen LogP contribution in [0.15, 0.2) is 35.5 Å². The maximum atomic E-state index is 4.45. The standard InChI is InChI=1S/C11H14N3S/c1-9-13(2)12-11(15-3)14(9)10-7-5-4-6-8-10/h4-8H,1-3H3/q+1. The average Bonchev–Trinajstić information content (AvgIpc) is 2.56. The lowest BCUT2D eigenvalue weighted by atomic mass is 10.3. The predicted octanol–water partition coefficient (Wildman–Crippen LogP) is 1.73. The molecule has 0 aliphatic heterocycles. The van der Waals surface area contributed by atoms with E-state index in [0.29, 0.717) is 0 Å². The van der Waals surface area contributed by atoms with Crippen LogP contribution in [0.1, 0.15) is 5.82 Å². The average molecular weight is 220 g/mol. The van der Waals surface area contributed by atoms with Crippen molar-refractivity contribution in [1.29, 1.82) is 0 Å². The van der Waals surface area contributed by atoms with Crippen molar-refractivity contribution in [2.24, 2.45) is 7.05 Å². The molecular formula is C11H14N3S+. The van der Waals surface area contributed by atoms with Crippen LogP contribution in [0.3, 0.4) is 0 Å². The fraction of sp³-hybridized carbons (Fsp3) is 0.273. The second-order valence-corrected chi connectivity index (χ2v) is 4.10. The van der Waals surface area contributed by atoms with Crippen molar-refractivity contribution in [1.82, 2.24) is 9.78 Å². The second kappa shape index (κ2) is 4.06. The molecule has 0 atom stereocenters. The molecule has 0 amide bonds. The van der Waals surface area contributed by atoms with Gasteiger partial charge in [0.25, 0.3) is 0 Å². The van der Waals surface area contributed by atoms with E-state index >= 15 is 0 Å². The van der Waals surface area contributed by atoms with E-state index in [0.717, 1.165) is 16.7 Å². The van der Waals surface area contributed by atoms with Crippen LogP contribution in [0.25, 0.3) is 5.69 Å². The number of hydrogen-bond acceptors (Lipinski definition) is 2. The Balaban J connectivity index is 2.61. The molecule has 0 bridgehead atoms. The van der Waals surface area contributed by atoms with Crippen LogP contribution in [0.2, 0.25) is 0 Å². The molecular weight excluding hydrogens is 206 g/mol. The third kappa shape index (κ3) is 1.77. The van der Waals surface area contributed by atoms with E-state index in [1.54, 1.807) is 11.8 Å². The predicted molar refractivity (Wildman–Crippen MR) is 61.3 cm³/mol. The molecule has 0 saturated heterocycles. The van der Waals surface area contributed by atoms with E-state index in [1.165, 1.54) is 0 Å². The van der Waals surface area contributed by atoms with Gasteiger partial charge in [0, 0.05) is 6.92 Å². The lowest BCUT2D eigenvalue weighted by Crippen LogP contribution is -2.34. The molecule has 1 aromatic carbocycles. The summed E-state index contributed by atoms with van der Waals surface area (Å²) in [6, 6.07) is 10.3. The number of benzene rings is 1. The molecule has 0 spiro atoms. The maximum absolute atomic E-state index is 4.45. The van der Waals surface area contributed by atoms with Crippen molar-refractivity contribution < 1.29 is 4.57 Å². The number of aryl methyl sites for hydroxylation is 1. The van der Waals surface area contributed by atoms with Crippen LogP contribution in [0, 0.1) is 6.92 Å². The quantitative estimate of drug-likeness (QED) is 0.568. The van der Waals surface area contributed by atoms with Gasteiger partial charge in [0.2, 0.25) is 5.82 Å². The van der Waals surface area contributed by atoms with E-state index in [9.17, 15) is 0 Å². The van der Waals surface area contributed by atoms with Gasteiger partial charge < -0.3 is 0 Å². The third-order valence-electron chi connectivity index (χ3n) is 2.42. The van der Waals surface area contributed by atoms with Crippen molar-refractivity contribution in [2.45, 2.75) is 12.1 Å². The van der Waals surface area contributed by atoms with Gasteiger partial charge in [0.05, 0.1) is 12.1 Å². The summed E-state index contributed by atoms with van der Waals surface area (Å²) in [7, 11) is 1.97. The number of nitrogens with zero attached hydrogens (tertiary/aromatic N) is 3. The van der Waals surface area contributed by atoms with Crippen molar-refractivity contribution in [2.75, 3.05) is 6.26 Å².